The maximum Gasteiger partial charge on any atom is 0.299 e. The van der Waals surface area contributed by atoms with Gasteiger partial charge in [0, 0.05) is 17.6 Å². The molecule has 0 saturated heterocycles. The average Bonchev–Trinajstić information content (AvgIpc) is 2.47. The summed E-state index contributed by atoms with van der Waals surface area (Å²) >= 11 is 3.26. The molecule has 1 aromatic heterocycles. The second-order valence-corrected chi connectivity index (χ2v) is 3.56. The maximum absolute atomic E-state index is 10.6. The van der Waals surface area contributed by atoms with Crippen molar-refractivity contribution in [1.82, 2.24) is 15.0 Å². The molecule has 0 aliphatic rings. The van der Waals surface area contributed by atoms with Gasteiger partial charge in [0.2, 0.25) is 0 Å². The zero-order valence-electron chi connectivity index (χ0n) is 7.14. The number of hydrogen-bond acceptors (Lipinski definition) is 4. The van der Waals surface area contributed by atoms with E-state index in [1.807, 2.05) is 0 Å². The van der Waals surface area contributed by atoms with Gasteiger partial charge in [-0.1, -0.05) is 0 Å². The highest BCUT2D eigenvalue weighted by Gasteiger charge is 2.17. The Hall–Kier alpha value is -1.50. The predicted octanol–water partition coefficient (Wildman–Crippen LogP) is 1.64. The van der Waals surface area contributed by atoms with Crippen molar-refractivity contribution in [3.05, 3.63) is 26.7 Å². The molecule has 0 aliphatic carbocycles. The molecular formula is C7H5BrN4O2. The van der Waals surface area contributed by atoms with Crippen molar-refractivity contribution in [3.8, 4) is 0 Å². The highest BCUT2D eigenvalue weighted by Crippen LogP contribution is 2.28. The van der Waals surface area contributed by atoms with Crippen LogP contribution in [0.15, 0.2) is 16.6 Å². The topological polar surface area (TPSA) is 73.8 Å². The zero-order valence-corrected chi connectivity index (χ0v) is 8.72. The van der Waals surface area contributed by atoms with Crippen molar-refractivity contribution in [3.63, 3.8) is 0 Å². The first-order valence-corrected chi connectivity index (χ1v) is 4.53. The molecule has 14 heavy (non-hydrogen) atoms. The van der Waals surface area contributed by atoms with E-state index in [0.717, 1.165) is 0 Å². The number of aryl methyl sites for hydroxylation is 1. The number of halogens is 1. The van der Waals surface area contributed by atoms with Crippen LogP contribution in [-0.4, -0.2) is 19.9 Å². The molecule has 0 saturated carbocycles. The minimum absolute atomic E-state index is 0.0312. The van der Waals surface area contributed by atoms with Gasteiger partial charge in [-0.15, -0.1) is 5.10 Å². The highest BCUT2D eigenvalue weighted by molar-refractivity contribution is 9.10. The molecule has 6 nitrogen and oxygen atoms in total. The second-order valence-electron chi connectivity index (χ2n) is 2.71. The van der Waals surface area contributed by atoms with Crippen LogP contribution in [0.25, 0.3) is 11.0 Å². The summed E-state index contributed by atoms with van der Waals surface area (Å²) in [7, 11) is 1.62. The molecule has 7 heteroatoms. The van der Waals surface area contributed by atoms with E-state index in [1.54, 1.807) is 13.1 Å². The summed E-state index contributed by atoms with van der Waals surface area (Å²) in [6.07, 6.45) is 0. The smallest absolute Gasteiger partial charge is 0.258 e. The number of nitro benzene ring substituents is 1. The number of nitrogens with zero attached hydrogens (tertiary/aromatic N) is 4. The molecule has 0 bridgehead atoms. The standard InChI is InChI=1S/C7H5BrN4O2/c1-11-9-6-4(8)2-3-5(12(13)14)7(6)10-11/h2-3H,1H3. The first kappa shape index (κ1) is 9.07. The summed E-state index contributed by atoms with van der Waals surface area (Å²) < 4.78 is 0.700. The molecule has 0 aliphatic heterocycles. The SMILES string of the molecule is Cn1nc2c(Br)ccc([N+](=O)[O-])c2n1. The second kappa shape index (κ2) is 3.02. The third-order valence-electron chi connectivity index (χ3n) is 1.77. The van der Waals surface area contributed by atoms with Gasteiger partial charge in [-0.05, 0) is 22.0 Å². The van der Waals surface area contributed by atoms with Crippen molar-refractivity contribution in [1.29, 1.82) is 0 Å². The van der Waals surface area contributed by atoms with E-state index >= 15 is 0 Å². The zero-order chi connectivity index (χ0) is 10.3. The van der Waals surface area contributed by atoms with Crippen molar-refractivity contribution in [2.45, 2.75) is 0 Å². The van der Waals surface area contributed by atoms with Crippen molar-refractivity contribution >= 4 is 32.7 Å². The normalized spacial score (nSPS) is 10.7. The van der Waals surface area contributed by atoms with Crippen LogP contribution >= 0.6 is 15.9 Å². The van der Waals surface area contributed by atoms with E-state index in [9.17, 15) is 10.1 Å². The molecule has 2 aromatic rings. The molecule has 0 radical (unpaired) electrons. The first-order valence-electron chi connectivity index (χ1n) is 3.73. The summed E-state index contributed by atoms with van der Waals surface area (Å²) in [5.74, 6) is 0. The van der Waals surface area contributed by atoms with Crippen LogP contribution in [0.5, 0.6) is 0 Å². The number of hydrogen-bond donors (Lipinski definition) is 0. The molecule has 2 rings (SSSR count). The monoisotopic (exact) mass is 256 g/mol. The number of benzene rings is 1. The molecule has 0 fully saturated rings. The summed E-state index contributed by atoms with van der Waals surface area (Å²) in [5.41, 5.74) is 0.768. The Bertz CT molecular complexity index is 522. The molecule has 1 aromatic carbocycles. The summed E-state index contributed by atoms with van der Waals surface area (Å²) in [4.78, 5) is 11.5. The lowest BCUT2D eigenvalue weighted by atomic mass is 10.3. The largest absolute Gasteiger partial charge is 0.299 e. The fourth-order valence-corrected chi connectivity index (χ4v) is 1.60. The third kappa shape index (κ3) is 1.25. The third-order valence-corrected chi connectivity index (χ3v) is 2.41. The van der Waals surface area contributed by atoms with Gasteiger partial charge in [-0.2, -0.15) is 9.90 Å². The Morgan fingerprint density at radius 3 is 2.71 bits per heavy atom. The quantitative estimate of drug-likeness (QED) is 0.574. The van der Waals surface area contributed by atoms with Crippen LogP contribution in [0.2, 0.25) is 0 Å². The van der Waals surface area contributed by atoms with Gasteiger partial charge in [0.25, 0.3) is 5.69 Å². The van der Waals surface area contributed by atoms with Crippen LogP contribution in [0.4, 0.5) is 5.69 Å². The van der Waals surface area contributed by atoms with Crippen molar-refractivity contribution < 1.29 is 4.92 Å². The predicted molar refractivity (Wildman–Crippen MR) is 52.9 cm³/mol. The molecule has 0 spiro atoms. The van der Waals surface area contributed by atoms with Gasteiger partial charge in [0.1, 0.15) is 5.52 Å². The highest BCUT2D eigenvalue weighted by atomic mass is 79.9. The first-order chi connectivity index (χ1) is 6.59. The number of non-ortho nitro benzene ring substituents is 1. The van der Waals surface area contributed by atoms with Gasteiger partial charge in [0.15, 0.2) is 5.52 Å². The molecule has 0 amide bonds. The van der Waals surface area contributed by atoms with Gasteiger partial charge in [0.05, 0.1) is 4.92 Å². The minimum Gasteiger partial charge on any atom is -0.258 e. The lowest BCUT2D eigenvalue weighted by molar-refractivity contribution is -0.383. The van der Waals surface area contributed by atoms with Crippen LogP contribution in [0, 0.1) is 10.1 Å². The molecule has 1 heterocycles. The van der Waals surface area contributed by atoms with E-state index in [0.29, 0.717) is 15.5 Å². The van der Waals surface area contributed by atoms with Crippen molar-refractivity contribution in [2.24, 2.45) is 7.05 Å². The van der Waals surface area contributed by atoms with Gasteiger partial charge < -0.3 is 0 Å². The fourth-order valence-electron chi connectivity index (χ4n) is 1.20. The van der Waals surface area contributed by atoms with Gasteiger partial charge >= 0.3 is 0 Å². The number of aromatic nitrogens is 3. The molecule has 0 unspecified atom stereocenters. The van der Waals surface area contributed by atoms with Crippen LogP contribution in [0.3, 0.4) is 0 Å². The van der Waals surface area contributed by atoms with Gasteiger partial charge in [-0.3, -0.25) is 10.1 Å². The molecule has 0 N–H and O–H groups in total. The average molecular weight is 257 g/mol. The van der Waals surface area contributed by atoms with Crippen molar-refractivity contribution in [2.75, 3.05) is 0 Å². The van der Waals surface area contributed by atoms with Crippen LogP contribution < -0.4 is 0 Å². The van der Waals surface area contributed by atoms with E-state index in [1.165, 1.54) is 10.9 Å². The van der Waals surface area contributed by atoms with E-state index in [-0.39, 0.29) is 5.69 Å². The van der Waals surface area contributed by atoms with E-state index in [2.05, 4.69) is 26.1 Å². The van der Waals surface area contributed by atoms with Crippen LogP contribution in [-0.2, 0) is 7.05 Å². The van der Waals surface area contributed by atoms with E-state index < -0.39 is 4.92 Å². The van der Waals surface area contributed by atoms with Gasteiger partial charge in [-0.25, -0.2) is 0 Å². The molecular weight excluding hydrogens is 252 g/mol. The fraction of sp³-hybridized carbons (Fsp3) is 0.143. The minimum atomic E-state index is -0.469. The Labute approximate surface area is 86.8 Å². The number of fused-ring (bicyclic) bond motifs is 1. The Morgan fingerprint density at radius 2 is 2.07 bits per heavy atom. The summed E-state index contributed by atoms with van der Waals surface area (Å²) in [6, 6.07) is 3.00. The Morgan fingerprint density at radius 1 is 1.43 bits per heavy atom. The maximum atomic E-state index is 10.6. The van der Waals surface area contributed by atoms with Crippen LogP contribution in [0.1, 0.15) is 0 Å². The lowest BCUT2D eigenvalue weighted by Crippen LogP contribution is -1.92. The Kier molecular flexibility index (Phi) is 1.95. The van der Waals surface area contributed by atoms with E-state index in [4.69, 9.17) is 0 Å². The molecule has 0 atom stereocenters. The number of rotatable bonds is 1. The summed E-state index contributed by atoms with van der Waals surface area (Å²) in [6.45, 7) is 0. The Balaban J connectivity index is 2.87. The molecule has 72 valence electrons. The lowest BCUT2D eigenvalue weighted by Gasteiger charge is -1.92. The number of nitro groups is 1. The summed E-state index contributed by atoms with van der Waals surface area (Å²) in [5, 5.41) is 18.6.